The molecule has 0 radical (unpaired) electrons. The quantitative estimate of drug-likeness (QED) is 0.656. The van der Waals surface area contributed by atoms with Crippen LogP contribution in [-0.4, -0.2) is 37.6 Å². The molecule has 0 aliphatic carbocycles. The van der Waals surface area contributed by atoms with Crippen LogP contribution in [0.4, 0.5) is 11.4 Å². The lowest BCUT2D eigenvalue weighted by Gasteiger charge is -2.12. The number of anilines is 1. The lowest BCUT2D eigenvalue weighted by Crippen LogP contribution is -2.22. The molecule has 2 rings (SSSR count). The molecule has 1 N–H and O–H groups in total. The average molecular weight is 349 g/mol. The molecular formula is C15H15N3O5S. The highest BCUT2D eigenvalue weighted by Gasteiger charge is 2.21. The molecule has 1 amide bonds. The molecule has 8 nitrogen and oxygen atoms in total. The van der Waals surface area contributed by atoms with Crippen LogP contribution >= 0.6 is 0 Å². The van der Waals surface area contributed by atoms with E-state index in [1.807, 2.05) is 0 Å². The number of nitro benzene ring substituents is 1. The maximum atomic E-state index is 12.3. The highest BCUT2D eigenvalue weighted by atomic mass is 32.2. The second-order valence-corrected chi connectivity index (χ2v) is 7.20. The molecule has 2 aromatic carbocycles. The first-order valence-electron chi connectivity index (χ1n) is 6.81. The second kappa shape index (κ2) is 6.77. The summed E-state index contributed by atoms with van der Waals surface area (Å²) in [6.45, 7) is 0. The minimum absolute atomic E-state index is 0.00728. The molecule has 0 saturated carbocycles. The SMILES string of the molecule is CN(C)S(=O)(=O)c1cccc(NC(=O)c2ccccc2[N+](=O)[O-])c1. The van der Waals surface area contributed by atoms with Gasteiger partial charge in [-0.15, -0.1) is 0 Å². The number of hydrogen-bond acceptors (Lipinski definition) is 5. The van der Waals surface area contributed by atoms with Crippen molar-refractivity contribution in [2.75, 3.05) is 19.4 Å². The molecule has 0 heterocycles. The summed E-state index contributed by atoms with van der Waals surface area (Å²) in [7, 11) is -0.854. The third-order valence-electron chi connectivity index (χ3n) is 3.22. The summed E-state index contributed by atoms with van der Waals surface area (Å²) >= 11 is 0. The molecule has 0 atom stereocenters. The van der Waals surface area contributed by atoms with Gasteiger partial charge < -0.3 is 5.32 Å². The summed E-state index contributed by atoms with van der Waals surface area (Å²) < 4.78 is 25.3. The first-order chi connectivity index (χ1) is 11.2. The number of para-hydroxylation sites is 1. The maximum absolute atomic E-state index is 12.3. The third-order valence-corrected chi connectivity index (χ3v) is 5.03. The Bertz CT molecular complexity index is 893. The molecule has 0 unspecified atom stereocenters. The van der Waals surface area contributed by atoms with Crippen LogP contribution in [0.25, 0.3) is 0 Å². The Morgan fingerprint density at radius 2 is 1.79 bits per heavy atom. The van der Waals surface area contributed by atoms with Crippen LogP contribution in [0.3, 0.4) is 0 Å². The predicted molar refractivity (Wildman–Crippen MR) is 88.4 cm³/mol. The molecule has 9 heteroatoms. The standard InChI is InChI=1S/C15H15N3O5S/c1-17(2)24(22,23)12-7-5-6-11(10-12)16-15(19)13-8-3-4-9-14(13)18(20)21/h3-10H,1-2H3,(H,16,19). The number of carbonyl (C=O) groups excluding carboxylic acids is 1. The van der Waals surface area contributed by atoms with Crippen molar-refractivity contribution in [3.8, 4) is 0 Å². The highest BCUT2D eigenvalue weighted by molar-refractivity contribution is 7.89. The number of benzene rings is 2. The number of rotatable bonds is 5. The fraction of sp³-hybridized carbons (Fsp3) is 0.133. The van der Waals surface area contributed by atoms with Crippen LogP contribution in [-0.2, 0) is 10.0 Å². The van der Waals surface area contributed by atoms with Gasteiger partial charge in [-0.2, -0.15) is 0 Å². The van der Waals surface area contributed by atoms with Crippen molar-refractivity contribution in [1.82, 2.24) is 4.31 Å². The van der Waals surface area contributed by atoms with E-state index >= 15 is 0 Å². The Morgan fingerprint density at radius 3 is 2.42 bits per heavy atom. The van der Waals surface area contributed by atoms with Gasteiger partial charge in [0.2, 0.25) is 10.0 Å². The van der Waals surface area contributed by atoms with Gasteiger partial charge in [0, 0.05) is 25.8 Å². The molecule has 2 aromatic rings. The zero-order chi connectivity index (χ0) is 17.9. The Kier molecular flexibility index (Phi) is 4.96. The van der Waals surface area contributed by atoms with E-state index in [0.717, 1.165) is 4.31 Å². The topological polar surface area (TPSA) is 110 Å². The first kappa shape index (κ1) is 17.6. The number of amides is 1. The Balaban J connectivity index is 2.33. The van der Waals surface area contributed by atoms with Crippen molar-refractivity contribution in [2.45, 2.75) is 4.90 Å². The van der Waals surface area contributed by atoms with Crippen LogP contribution in [0.15, 0.2) is 53.4 Å². The Morgan fingerprint density at radius 1 is 1.12 bits per heavy atom. The molecule has 126 valence electrons. The second-order valence-electron chi connectivity index (χ2n) is 5.04. The number of hydrogen-bond donors (Lipinski definition) is 1. The monoisotopic (exact) mass is 349 g/mol. The van der Waals surface area contributed by atoms with E-state index in [4.69, 9.17) is 0 Å². The van der Waals surface area contributed by atoms with Crippen molar-refractivity contribution in [3.63, 3.8) is 0 Å². The van der Waals surface area contributed by atoms with Gasteiger partial charge in [-0.3, -0.25) is 14.9 Å². The number of nitrogens with one attached hydrogen (secondary N) is 1. The summed E-state index contributed by atoms with van der Waals surface area (Å²) in [5, 5.41) is 13.5. The van der Waals surface area contributed by atoms with Gasteiger partial charge in [0.25, 0.3) is 11.6 Å². The molecule has 0 fully saturated rings. The zero-order valence-electron chi connectivity index (χ0n) is 13.0. The summed E-state index contributed by atoms with van der Waals surface area (Å²) in [6, 6.07) is 11.2. The number of nitrogens with zero attached hydrogens (tertiary/aromatic N) is 2. The van der Waals surface area contributed by atoms with Crippen LogP contribution in [0.2, 0.25) is 0 Å². The van der Waals surface area contributed by atoms with Gasteiger partial charge in [0.1, 0.15) is 5.56 Å². The molecular weight excluding hydrogens is 334 g/mol. The van der Waals surface area contributed by atoms with Gasteiger partial charge in [0.05, 0.1) is 9.82 Å². The first-order valence-corrected chi connectivity index (χ1v) is 8.25. The third kappa shape index (κ3) is 3.58. The van der Waals surface area contributed by atoms with E-state index in [-0.39, 0.29) is 21.8 Å². The summed E-state index contributed by atoms with van der Waals surface area (Å²) in [4.78, 5) is 22.6. The minimum atomic E-state index is -3.65. The summed E-state index contributed by atoms with van der Waals surface area (Å²) in [5.74, 6) is -0.693. The van der Waals surface area contributed by atoms with Gasteiger partial charge in [-0.05, 0) is 24.3 Å². The molecule has 0 bridgehead atoms. The molecule has 0 aliphatic rings. The largest absolute Gasteiger partial charge is 0.322 e. The Labute approximate surface area is 138 Å². The number of carbonyl (C=O) groups is 1. The zero-order valence-corrected chi connectivity index (χ0v) is 13.8. The summed E-state index contributed by atoms with van der Waals surface area (Å²) in [6.07, 6.45) is 0. The molecule has 0 saturated heterocycles. The maximum Gasteiger partial charge on any atom is 0.282 e. The lowest BCUT2D eigenvalue weighted by atomic mass is 10.1. The van der Waals surface area contributed by atoms with E-state index in [2.05, 4.69) is 5.32 Å². The van der Waals surface area contributed by atoms with Crippen molar-refractivity contribution >= 4 is 27.3 Å². The number of nitro groups is 1. The van der Waals surface area contributed by atoms with E-state index < -0.39 is 20.9 Å². The normalized spacial score (nSPS) is 11.3. The van der Waals surface area contributed by atoms with E-state index in [1.165, 1.54) is 62.6 Å². The van der Waals surface area contributed by atoms with Crippen molar-refractivity contribution in [3.05, 3.63) is 64.2 Å². The average Bonchev–Trinajstić information content (AvgIpc) is 2.54. The molecule has 0 aromatic heterocycles. The van der Waals surface area contributed by atoms with Crippen LogP contribution in [0, 0.1) is 10.1 Å². The Hall–Kier alpha value is -2.78. The van der Waals surface area contributed by atoms with Crippen molar-refractivity contribution in [2.24, 2.45) is 0 Å². The van der Waals surface area contributed by atoms with Gasteiger partial charge >= 0.3 is 0 Å². The van der Waals surface area contributed by atoms with E-state index in [0.29, 0.717) is 0 Å². The fourth-order valence-corrected chi connectivity index (χ4v) is 2.92. The van der Waals surface area contributed by atoms with Crippen LogP contribution in [0.1, 0.15) is 10.4 Å². The van der Waals surface area contributed by atoms with E-state index in [1.54, 1.807) is 0 Å². The van der Waals surface area contributed by atoms with Gasteiger partial charge in [-0.1, -0.05) is 18.2 Å². The van der Waals surface area contributed by atoms with Crippen molar-refractivity contribution in [1.29, 1.82) is 0 Å². The lowest BCUT2D eigenvalue weighted by molar-refractivity contribution is -0.385. The van der Waals surface area contributed by atoms with E-state index in [9.17, 15) is 23.3 Å². The molecule has 0 spiro atoms. The minimum Gasteiger partial charge on any atom is -0.322 e. The fourth-order valence-electron chi connectivity index (χ4n) is 1.97. The number of sulfonamides is 1. The molecule has 0 aliphatic heterocycles. The van der Waals surface area contributed by atoms with Gasteiger partial charge in [0.15, 0.2) is 0 Å². The van der Waals surface area contributed by atoms with Crippen LogP contribution in [0.5, 0.6) is 0 Å². The summed E-state index contributed by atoms with van der Waals surface area (Å²) in [5.41, 5.74) is -0.212. The van der Waals surface area contributed by atoms with Crippen molar-refractivity contribution < 1.29 is 18.1 Å². The van der Waals surface area contributed by atoms with Crippen LogP contribution < -0.4 is 5.32 Å². The molecule has 24 heavy (non-hydrogen) atoms. The smallest absolute Gasteiger partial charge is 0.282 e. The highest BCUT2D eigenvalue weighted by Crippen LogP contribution is 2.21. The van der Waals surface area contributed by atoms with Gasteiger partial charge in [-0.25, -0.2) is 12.7 Å². The predicted octanol–water partition coefficient (Wildman–Crippen LogP) is 2.10.